The Morgan fingerprint density at radius 2 is 1.50 bits per heavy atom. The number of hydrogen-bond donors (Lipinski definition) is 1. The SMILES string of the molecule is COc1ccc(OC(=O)c2ccc(S(=O)(=O)NC(C)C)cc2)cc1. The quantitative estimate of drug-likeness (QED) is 0.640. The van der Waals surface area contributed by atoms with Crippen LogP contribution in [0.1, 0.15) is 24.2 Å². The lowest BCUT2D eigenvalue weighted by atomic mass is 10.2. The van der Waals surface area contributed by atoms with E-state index in [1.807, 2.05) is 0 Å². The van der Waals surface area contributed by atoms with Crippen LogP contribution in [-0.4, -0.2) is 27.5 Å². The summed E-state index contributed by atoms with van der Waals surface area (Å²) in [7, 11) is -2.04. The van der Waals surface area contributed by atoms with Crippen molar-refractivity contribution in [1.82, 2.24) is 4.72 Å². The van der Waals surface area contributed by atoms with Crippen LogP contribution in [0.15, 0.2) is 53.4 Å². The van der Waals surface area contributed by atoms with Gasteiger partial charge >= 0.3 is 5.97 Å². The second-order valence-electron chi connectivity index (χ2n) is 5.37. The van der Waals surface area contributed by atoms with E-state index in [0.717, 1.165) is 0 Å². The molecule has 0 bridgehead atoms. The second-order valence-corrected chi connectivity index (χ2v) is 7.08. The molecule has 0 unspecified atom stereocenters. The van der Waals surface area contributed by atoms with Gasteiger partial charge in [-0.1, -0.05) is 0 Å². The van der Waals surface area contributed by atoms with Gasteiger partial charge in [-0.3, -0.25) is 0 Å². The van der Waals surface area contributed by atoms with E-state index < -0.39 is 16.0 Å². The molecule has 0 amide bonds. The smallest absolute Gasteiger partial charge is 0.343 e. The summed E-state index contributed by atoms with van der Waals surface area (Å²) in [6.07, 6.45) is 0. The largest absolute Gasteiger partial charge is 0.497 e. The van der Waals surface area contributed by atoms with Gasteiger partial charge in [0, 0.05) is 6.04 Å². The van der Waals surface area contributed by atoms with E-state index in [1.54, 1.807) is 45.2 Å². The van der Waals surface area contributed by atoms with Crippen LogP contribution >= 0.6 is 0 Å². The molecule has 0 aromatic heterocycles. The number of methoxy groups -OCH3 is 1. The summed E-state index contributed by atoms with van der Waals surface area (Å²) in [6, 6.07) is 11.9. The summed E-state index contributed by atoms with van der Waals surface area (Å²) in [6.45, 7) is 3.47. The maximum absolute atomic E-state index is 12.1. The Bertz CT molecular complexity index is 796. The van der Waals surface area contributed by atoms with Crippen molar-refractivity contribution >= 4 is 16.0 Å². The third-order valence-electron chi connectivity index (χ3n) is 3.06. The van der Waals surface area contributed by atoms with Gasteiger partial charge in [-0.15, -0.1) is 0 Å². The Hall–Kier alpha value is -2.38. The molecule has 7 heteroatoms. The van der Waals surface area contributed by atoms with Crippen LogP contribution in [0.3, 0.4) is 0 Å². The first kappa shape index (κ1) is 18.0. The van der Waals surface area contributed by atoms with Crippen molar-refractivity contribution in [3.8, 4) is 11.5 Å². The molecule has 0 aliphatic carbocycles. The molecule has 128 valence electrons. The van der Waals surface area contributed by atoms with E-state index in [4.69, 9.17) is 9.47 Å². The van der Waals surface area contributed by atoms with Gasteiger partial charge in [0.25, 0.3) is 0 Å². The lowest BCUT2D eigenvalue weighted by Crippen LogP contribution is -2.30. The third-order valence-corrected chi connectivity index (χ3v) is 4.74. The van der Waals surface area contributed by atoms with Gasteiger partial charge < -0.3 is 9.47 Å². The first-order chi connectivity index (χ1) is 11.3. The van der Waals surface area contributed by atoms with Gasteiger partial charge in [0.2, 0.25) is 10.0 Å². The van der Waals surface area contributed by atoms with Crippen molar-refractivity contribution in [2.45, 2.75) is 24.8 Å². The van der Waals surface area contributed by atoms with Gasteiger partial charge in [-0.05, 0) is 62.4 Å². The molecule has 6 nitrogen and oxygen atoms in total. The van der Waals surface area contributed by atoms with E-state index in [0.29, 0.717) is 11.5 Å². The first-order valence-corrected chi connectivity index (χ1v) is 8.79. The van der Waals surface area contributed by atoms with Gasteiger partial charge in [0.15, 0.2) is 0 Å². The van der Waals surface area contributed by atoms with Crippen LogP contribution in [0.5, 0.6) is 11.5 Å². The number of benzene rings is 2. The lowest BCUT2D eigenvalue weighted by Gasteiger charge is -2.10. The number of carbonyl (C=O) groups excluding carboxylic acids is 1. The fraction of sp³-hybridized carbons (Fsp3) is 0.235. The molecule has 0 heterocycles. The normalized spacial score (nSPS) is 11.3. The second kappa shape index (κ2) is 7.46. The zero-order valence-electron chi connectivity index (χ0n) is 13.6. The summed E-state index contributed by atoms with van der Waals surface area (Å²) in [5.74, 6) is 0.460. The Morgan fingerprint density at radius 3 is 2.00 bits per heavy atom. The number of hydrogen-bond acceptors (Lipinski definition) is 5. The highest BCUT2D eigenvalue weighted by atomic mass is 32.2. The number of ether oxygens (including phenoxy) is 2. The van der Waals surface area contributed by atoms with Gasteiger partial charge in [0.05, 0.1) is 17.6 Å². The van der Waals surface area contributed by atoms with Crippen LogP contribution in [0, 0.1) is 0 Å². The molecule has 0 atom stereocenters. The van der Waals surface area contributed by atoms with E-state index in [9.17, 15) is 13.2 Å². The average molecular weight is 349 g/mol. The maximum Gasteiger partial charge on any atom is 0.343 e. The number of carbonyl (C=O) groups is 1. The summed E-state index contributed by atoms with van der Waals surface area (Å²) < 4.78 is 36.8. The molecule has 0 fully saturated rings. The van der Waals surface area contributed by atoms with Crippen molar-refractivity contribution in [2.24, 2.45) is 0 Å². The molecule has 2 rings (SSSR count). The van der Waals surface area contributed by atoms with E-state index in [2.05, 4.69) is 4.72 Å². The summed E-state index contributed by atoms with van der Waals surface area (Å²) in [4.78, 5) is 12.2. The Balaban J connectivity index is 2.10. The Labute approximate surface area is 141 Å². The highest BCUT2D eigenvalue weighted by molar-refractivity contribution is 7.89. The summed E-state index contributed by atoms with van der Waals surface area (Å²) in [5, 5.41) is 0. The Kier molecular flexibility index (Phi) is 5.58. The standard InChI is InChI=1S/C17H19NO5S/c1-12(2)18-24(20,21)16-10-4-13(5-11-16)17(19)23-15-8-6-14(22-3)7-9-15/h4-12,18H,1-3H3. The molecule has 0 saturated heterocycles. The minimum Gasteiger partial charge on any atom is -0.497 e. The number of nitrogens with one attached hydrogen (secondary N) is 1. The highest BCUT2D eigenvalue weighted by Gasteiger charge is 2.16. The van der Waals surface area contributed by atoms with Crippen LogP contribution in [0.25, 0.3) is 0 Å². The monoisotopic (exact) mass is 349 g/mol. The lowest BCUT2D eigenvalue weighted by molar-refractivity contribution is 0.0734. The van der Waals surface area contributed by atoms with Crippen molar-refractivity contribution in [3.05, 3.63) is 54.1 Å². The van der Waals surface area contributed by atoms with Crippen LogP contribution in [-0.2, 0) is 10.0 Å². The van der Waals surface area contributed by atoms with Gasteiger partial charge in [0.1, 0.15) is 11.5 Å². The predicted octanol–water partition coefficient (Wildman–Crippen LogP) is 2.60. The van der Waals surface area contributed by atoms with E-state index in [-0.39, 0.29) is 16.5 Å². The predicted molar refractivity (Wildman–Crippen MR) is 89.9 cm³/mol. The van der Waals surface area contributed by atoms with Crippen molar-refractivity contribution in [2.75, 3.05) is 7.11 Å². The maximum atomic E-state index is 12.1. The molecular weight excluding hydrogens is 330 g/mol. The first-order valence-electron chi connectivity index (χ1n) is 7.30. The topological polar surface area (TPSA) is 81.7 Å². The number of rotatable bonds is 6. The minimum atomic E-state index is -3.58. The van der Waals surface area contributed by atoms with Crippen LogP contribution in [0.4, 0.5) is 0 Å². The number of sulfonamides is 1. The van der Waals surface area contributed by atoms with Crippen molar-refractivity contribution in [3.63, 3.8) is 0 Å². The molecule has 0 saturated carbocycles. The average Bonchev–Trinajstić information content (AvgIpc) is 2.54. The van der Waals surface area contributed by atoms with Crippen molar-refractivity contribution < 1.29 is 22.7 Å². The fourth-order valence-electron chi connectivity index (χ4n) is 1.96. The zero-order chi connectivity index (χ0) is 17.7. The Morgan fingerprint density at radius 1 is 0.958 bits per heavy atom. The van der Waals surface area contributed by atoms with Gasteiger partial charge in [-0.2, -0.15) is 0 Å². The third kappa shape index (κ3) is 4.56. The molecular formula is C17H19NO5S. The summed E-state index contributed by atoms with van der Waals surface area (Å²) in [5.41, 5.74) is 0.259. The van der Waals surface area contributed by atoms with E-state index in [1.165, 1.54) is 24.3 Å². The minimum absolute atomic E-state index is 0.0946. The van der Waals surface area contributed by atoms with Gasteiger partial charge in [-0.25, -0.2) is 17.9 Å². The molecule has 1 N–H and O–H groups in total. The molecule has 0 aliphatic heterocycles. The van der Waals surface area contributed by atoms with E-state index >= 15 is 0 Å². The molecule has 0 aliphatic rings. The molecule has 24 heavy (non-hydrogen) atoms. The molecule has 2 aromatic rings. The van der Waals surface area contributed by atoms with Crippen LogP contribution in [0.2, 0.25) is 0 Å². The fourth-order valence-corrected chi connectivity index (χ4v) is 3.21. The number of esters is 1. The van der Waals surface area contributed by atoms with Crippen LogP contribution < -0.4 is 14.2 Å². The van der Waals surface area contributed by atoms with Crippen molar-refractivity contribution in [1.29, 1.82) is 0 Å². The molecule has 0 radical (unpaired) electrons. The molecule has 0 spiro atoms. The summed E-state index contributed by atoms with van der Waals surface area (Å²) >= 11 is 0. The molecule has 2 aromatic carbocycles. The highest BCUT2D eigenvalue weighted by Crippen LogP contribution is 2.19. The zero-order valence-corrected chi connectivity index (χ0v) is 14.5.